The van der Waals surface area contributed by atoms with Crippen LogP contribution in [-0.2, 0) is 22.8 Å². The second-order valence-electron chi connectivity index (χ2n) is 1.95. The van der Waals surface area contributed by atoms with E-state index in [9.17, 15) is 13.9 Å². The van der Waals surface area contributed by atoms with Crippen LogP contribution in [0.3, 0.4) is 0 Å². The van der Waals surface area contributed by atoms with Crippen LogP contribution in [0.4, 0.5) is 0 Å². The monoisotopic (exact) mass is 246 g/mol. The van der Waals surface area contributed by atoms with Gasteiger partial charge in [0.15, 0.2) is 0 Å². The summed E-state index contributed by atoms with van der Waals surface area (Å²) in [6, 6.07) is 0. The number of rotatable bonds is 4. The minimum atomic E-state index is -5.18. The quantitative estimate of drug-likeness (QED) is 0.477. The summed E-state index contributed by atoms with van der Waals surface area (Å²) in [4.78, 5) is 35.5. The van der Waals surface area contributed by atoms with E-state index < -0.39 is 21.6 Å². The summed E-state index contributed by atoms with van der Waals surface area (Å²) < 4.78 is 27.9. The Morgan fingerprint density at radius 2 is 1.79 bits per heavy atom. The summed E-state index contributed by atoms with van der Waals surface area (Å²) in [6.07, 6.45) is 1.99. The van der Waals surface area contributed by atoms with Crippen molar-refractivity contribution in [3.05, 3.63) is 12.2 Å². The maximum atomic E-state index is 10.7. The van der Waals surface area contributed by atoms with Crippen LogP contribution in [0, 0.1) is 0 Å². The fourth-order valence-electron chi connectivity index (χ4n) is 0.431. The second kappa shape index (κ2) is 4.84. The van der Waals surface area contributed by atoms with Gasteiger partial charge in [0, 0.05) is 6.08 Å². The first-order chi connectivity index (χ1) is 6.16. The van der Waals surface area contributed by atoms with Crippen molar-refractivity contribution in [1.29, 1.82) is 0 Å². The van der Waals surface area contributed by atoms with E-state index in [1.807, 2.05) is 0 Å². The lowest BCUT2D eigenvalue weighted by molar-refractivity contribution is -0.130. The third-order valence-electron chi connectivity index (χ3n) is 0.718. The summed E-state index contributed by atoms with van der Waals surface area (Å²) in [5, 5.41) is 0. The molecule has 0 aromatic carbocycles. The summed E-state index contributed by atoms with van der Waals surface area (Å²) in [6.45, 7) is 1.44. The van der Waals surface area contributed by atoms with Crippen LogP contribution in [0.2, 0.25) is 0 Å². The van der Waals surface area contributed by atoms with E-state index in [2.05, 4.69) is 8.83 Å². The highest BCUT2D eigenvalue weighted by atomic mass is 31.3. The van der Waals surface area contributed by atoms with E-state index in [4.69, 9.17) is 14.7 Å². The van der Waals surface area contributed by atoms with Gasteiger partial charge in [-0.25, -0.2) is 13.9 Å². The summed E-state index contributed by atoms with van der Waals surface area (Å²) in [5.74, 6) is -1.24. The summed E-state index contributed by atoms with van der Waals surface area (Å²) in [7, 11) is -10.2. The molecule has 10 heteroatoms. The average Bonchev–Trinajstić information content (AvgIpc) is 1.78. The molecule has 1 unspecified atom stereocenters. The molecule has 0 aromatic heterocycles. The van der Waals surface area contributed by atoms with Gasteiger partial charge in [-0.1, -0.05) is 6.08 Å². The predicted octanol–water partition coefficient (Wildman–Crippen LogP) is 0.315. The van der Waals surface area contributed by atoms with Crippen molar-refractivity contribution in [2.24, 2.45) is 0 Å². The van der Waals surface area contributed by atoms with Crippen LogP contribution in [0.1, 0.15) is 6.92 Å². The van der Waals surface area contributed by atoms with Crippen LogP contribution >= 0.6 is 15.6 Å². The normalized spacial score (nSPS) is 16.6. The molecule has 0 aliphatic carbocycles. The Morgan fingerprint density at radius 3 is 2.14 bits per heavy atom. The number of phosphoric ester groups is 1. The average molecular weight is 246 g/mol. The zero-order valence-electron chi connectivity index (χ0n) is 6.93. The van der Waals surface area contributed by atoms with Crippen molar-refractivity contribution in [3.63, 3.8) is 0 Å². The molecule has 0 heterocycles. The fraction of sp³-hybridized carbons (Fsp3) is 0.250. The predicted molar refractivity (Wildman–Crippen MR) is 43.9 cm³/mol. The summed E-state index contributed by atoms with van der Waals surface area (Å²) in [5.41, 5.74) is 0. The zero-order valence-corrected chi connectivity index (χ0v) is 8.72. The third kappa shape index (κ3) is 6.97. The van der Waals surface area contributed by atoms with E-state index >= 15 is 0 Å². The standard InChI is InChI=1S/C4H8O8P2/c1-2-3-4(5)11-14(9,10)12-13(6,7)8/h2-3H,1H3,(H,9,10)(H2,6,7,8)/b3-2+. The van der Waals surface area contributed by atoms with Crippen LogP contribution < -0.4 is 0 Å². The molecule has 0 saturated carbocycles. The maximum Gasteiger partial charge on any atom is 0.538 e. The van der Waals surface area contributed by atoms with Crippen LogP contribution in [0.25, 0.3) is 0 Å². The molecule has 8 nitrogen and oxygen atoms in total. The van der Waals surface area contributed by atoms with Gasteiger partial charge in [-0.05, 0) is 6.92 Å². The van der Waals surface area contributed by atoms with Crippen molar-refractivity contribution in [2.75, 3.05) is 0 Å². The maximum absolute atomic E-state index is 10.7. The van der Waals surface area contributed by atoms with Crippen molar-refractivity contribution in [1.82, 2.24) is 0 Å². The van der Waals surface area contributed by atoms with Gasteiger partial charge in [-0.15, -0.1) is 0 Å². The van der Waals surface area contributed by atoms with E-state index in [-0.39, 0.29) is 0 Å². The minimum absolute atomic E-state index is 0.784. The lowest BCUT2D eigenvalue weighted by atomic mass is 10.5. The molecular weight excluding hydrogens is 238 g/mol. The third-order valence-corrected chi connectivity index (χ3v) is 2.80. The lowest BCUT2D eigenvalue weighted by Crippen LogP contribution is -2.00. The fourth-order valence-corrected chi connectivity index (χ4v) is 1.93. The Balaban J connectivity index is 4.44. The van der Waals surface area contributed by atoms with Gasteiger partial charge in [0.25, 0.3) is 0 Å². The highest BCUT2D eigenvalue weighted by Crippen LogP contribution is 2.57. The number of carbonyl (C=O) groups is 1. The van der Waals surface area contributed by atoms with Crippen LogP contribution in [0.15, 0.2) is 12.2 Å². The molecule has 0 fully saturated rings. The molecule has 0 aliphatic heterocycles. The number of carbonyl (C=O) groups excluding carboxylic acids is 1. The highest BCUT2D eigenvalue weighted by Gasteiger charge is 2.34. The Hall–Kier alpha value is -0.490. The Morgan fingerprint density at radius 1 is 1.29 bits per heavy atom. The second-order valence-corrected chi connectivity index (χ2v) is 4.71. The number of hydrogen-bond donors (Lipinski definition) is 3. The Bertz CT molecular complexity index is 326. The smallest absolute Gasteiger partial charge is 0.367 e. The van der Waals surface area contributed by atoms with Gasteiger partial charge in [-0.3, -0.25) is 4.89 Å². The molecule has 0 bridgehead atoms. The van der Waals surface area contributed by atoms with E-state index in [1.165, 1.54) is 13.0 Å². The molecule has 1 atom stereocenters. The SMILES string of the molecule is C/C=C/C(=O)OP(=O)(O)OP(=O)(O)O. The Kier molecular flexibility index (Phi) is 4.67. The number of hydrogen-bond acceptors (Lipinski definition) is 5. The van der Waals surface area contributed by atoms with Crippen LogP contribution in [0.5, 0.6) is 0 Å². The number of allylic oxidation sites excluding steroid dienone is 1. The summed E-state index contributed by atoms with van der Waals surface area (Å²) >= 11 is 0. The molecule has 3 N–H and O–H groups in total. The molecule has 14 heavy (non-hydrogen) atoms. The van der Waals surface area contributed by atoms with E-state index in [1.54, 1.807) is 0 Å². The Labute approximate surface area is 79.0 Å². The molecule has 0 spiro atoms. The number of phosphoric acid groups is 2. The van der Waals surface area contributed by atoms with Gasteiger partial charge >= 0.3 is 21.6 Å². The first-order valence-corrected chi connectivity index (χ1v) is 6.15. The van der Waals surface area contributed by atoms with Crippen molar-refractivity contribution in [2.45, 2.75) is 6.92 Å². The largest absolute Gasteiger partial charge is 0.538 e. The van der Waals surface area contributed by atoms with E-state index in [0.29, 0.717) is 0 Å². The van der Waals surface area contributed by atoms with Crippen LogP contribution in [-0.4, -0.2) is 20.6 Å². The molecular formula is C4H8O8P2. The van der Waals surface area contributed by atoms with Crippen molar-refractivity contribution >= 4 is 21.6 Å². The van der Waals surface area contributed by atoms with Crippen molar-refractivity contribution in [3.8, 4) is 0 Å². The van der Waals surface area contributed by atoms with Gasteiger partial charge in [0.05, 0.1) is 0 Å². The van der Waals surface area contributed by atoms with E-state index in [0.717, 1.165) is 6.08 Å². The molecule has 0 aliphatic rings. The zero-order chi connectivity index (χ0) is 11.4. The first kappa shape index (κ1) is 13.5. The lowest BCUT2D eigenvalue weighted by Gasteiger charge is -2.10. The first-order valence-electron chi connectivity index (χ1n) is 3.12. The van der Waals surface area contributed by atoms with Gasteiger partial charge in [0.2, 0.25) is 0 Å². The van der Waals surface area contributed by atoms with Gasteiger partial charge in [0.1, 0.15) is 0 Å². The molecule has 0 saturated heterocycles. The molecule has 0 rings (SSSR count). The molecule has 0 aromatic rings. The van der Waals surface area contributed by atoms with Gasteiger partial charge < -0.3 is 14.3 Å². The molecule has 82 valence electrons. The minimum Gasteiger partial charge on any atom is -0.367 e. The molecule has 0 amide bonds. The highest BCUT2D eigenvalue weighted by molar-refractivity contribution is 7.61. The molecule has 0 radical (unpaired) electrons. The topological polar surface area (TPSA) is 130 Å². The van der Waals surface area contributed by atoms with Crippen molar-refractivity contribution < 1.29 is 37.4 Å². The van der Waals surface area contributed by atoms with Gasteiger partial charge in [-0.2, -0.15) is 4.31 Å².